The summed E-state index contributed by atoms with van der Waals surface area (Å²) in [6, 6.07) is 9.51. The van der Waals surface area contributed by atoms with E-state index >= 15 is 0 Å². The van der Waals surface area contributed by atoms with Crippen LogP contribution >= 0.6 is 0 Å². The van der Waals surface area contributed by atoms with Gasteiger partial charge in [0.25, 0.3) is 0 Å². The standard InChI is InChI=1S/C18H19NO3/c1-3-5-10-21-18(20)13(12-19)11-15-14-8-6-7-9-17(14)22-16(15)4-2/h6-9,11H,3-5,10H2,1-2H3/b13-11+. The molecule has 1 aromatic carbocycles. The van der Waals surface area contributed by atoms with Gasteiger partial charge in [-0.05, 0) is 18.6 Å². The molecule has 0 saturated carbocycles. The number of benzene rings is 1. The van der Waals surface area contributed by atoms with E-state index in [2.05, 4.69) is 0 Å². The first-order valence-corrected chi connectivity index (χ1v) is 7.50. The highest BCUT2D eigenvalue weighted by Crippen LogP contribution is 2.28. The summed E-state index contributed by atoms with van der Waals surface area (Å²) in [5, 5.41) is 10.1. The van der Waals surface area contributed by atoms with Gasteiger partial charge in [0.1, 0.15) is 23.0 Å². The number of carbonyl (C=O) groups is 1. The number of hydrogen-bond donors (Lipinski definition) is 0. The number of fused-ring (bicyclic) bond motifs is 1. The molecule has 0 aliphatic heterocycles. The van der Waals surface area contributed by atoms with Crippen LogP contribution in [0.1, 0.15) is 38.0 Å². The second kappa shape index (κ2) is 7.46. The van der Waals surface area contributed by atoms with Gasteiger partial charge < -0.3 is 9.15 Å². The van der Waals surface area contributed by atoms with Crippen molar-refractivity contribution >= 4 is 23.0 Å². The van der Waals surface area contributed by atoms with Crippen LogP contribution in [-0.4, -0.2) is 12.6 Å². The lowest BCUT2D eigenvalue weighted by molar-refractivity contribution is -0.138. The van der Waals surface area contributed by atoms with Crippen molar-refractivity contribution in [3.63, 3.8) is 0 Å². The van der Waals surface area contributed by atoms with Gasteiger partial charge in [0.2, 0.25) is 0 Å². The Bertz CT molecular complexity index is 734. The van der Waals surface area contributed by atoms with Gasteiger partial charge in [0, 0.05) is 17.4 Å². The molecule has 2 aromatic rings. The van der Waals surface area contributed by atoms with Crippen LogP contribution in [0.25, 0.3) is 17.0 Å². The zero-order chi connectivity index (χ0) is 15.9. The highest BCUT2D eigenvalue weighted by atomic mass is 16.5. The van der Waals surface area contributed by atoms with E-state index in [1.165, 1.54) is 0 Å². The number of unbranched alkanes of at least 4 members (excludes halogenated alkanes) is 1. The summed E-state index contributed by atoms with van der Waals surface area (Å²) in [7, 11) is 0. The third kappa shape index (κ3) is 3.37. The average Bonchev–Trinajstić information content (AvgIpc) is 2.90. The molecular weight excluding hydrogens is 278 g/mol. The number of nitrogens with zero attached hydrogens (tertiary/aromatic N) is 1. The molecule has 4 nitrogen and oxygen atoms in total. The maximum Gasteiger partial charge on any atom is 0.348 e. The van der Waals surface area contributed by atoms with Gasteiger partial charge in [-0.3, -0.25) is 0 Å². The zero-order valence-corrected chi connectivity index (χ0v) is 12.9. The smallest absolute Gasteiger partial charge is 0.348 e. The van der Waals surface area contributed by atoms with Crippen LogP contribution in [0.2, 0.25) is 0 Å². The Balaban J connectivity index is 2.37. The van der Waals surface area contributed by atoms with Gasteiger partial charge in [-0.15, -0.1) is 0 Å². The molecule has 2 rings (SSSR count). The minimum Gasteiger partial charge on any atom is -0.462 e. The van der Waals surface area contributed by atoms with E-state index < -0.39 is 5.97 Å². The normalized spacial score (nSPS) is 11.4. The first kappa shape index (κ1) is 15.8. The van der Waals surface area contributed by atoms with Crippen LogP contribution < -0.4 is 0 Å². The number of rotatable bonds is 6. The largest absolute Gasteiger partial charge is 0.462 e. The monoisotopic (exact) mass is 297 g/mol. The first-order valence-electron chi connectivity index (χ1n) is 7.50. The number of furan rings is 1. The molecule has 0 fully saturated rings. The molecule has 0 saturated heterocycles. The molecule has 0 atom stereocenters. The molecule has 1 aromatic heterocycles. The molecule has 22 heavy (non-hydrogen) atoms. The Labute approximate surface area is 130 Å². The van der Waals surface area contributed by atoms with Gasteiger partial charge in [-0.1, -0.05) is 38.5 Å². The summed E-state index contributed by atoms with van der Waals surface area (Å²) in [5.41, 5.74) is 1.53. The molecule has 0 spiro atoms. The van der Waals surface area contributed by atoms with E-state index in [4.69, 9.17) is 9.15 Å². The summed E-state index contributed by atoms with van der Waals surface area (Å²) in [6.07, 6.45) is 3.98. The minimum absolute atomic E-state index is 0.00245. The van der Waals surface area contributed by atoms with Gasteiger partial charge in [0.15, 0.2) is 0 Å². The third-order valence-electron chi connectivity index (χ3n) is 3.39. The number of aryl methyl sites for hydroxylation is 1. The second-order valence-corrected chi connectivity index (χ2v) is 4.95. The fourth-order valence-electron chi connectivity index (χ4n) is 2.21. The van der Waals surface area contributed by atoms with Crippen LogP contribution in [0.15, 0.2) is 34.3 Å². The van der Waals surface area contributed by atoms with E-state index in [-0.39, 0.29) is 5.57 Å². The fourth-order valence-corrected chi connectivity index (χ4v) is 2.21. The van der Waals surface area contributed by atoms with Crippen LogP contribution in [0, 0.1) is 11.3 Å². The molecular formula is C18H19NO3. The van der Waals surface area contributed by atoms with Crippen LogP contribution in [-0.2, 0) is 16.0 Å². The van der Waals surface area contributed by atoms with Gasteiger partial charge in [0.05, 0.1) is 6.61 Å². The van der Waals surface area contributed by atoms with E-state index in [1.54, 1.807) is 6.08 Å². The molecule has 0 N–H and O–H groups in total. The van der Waals surface area contributed by atoms with Crippen molar-refractivity contribution in [2.24, 2.45) is 0 Å². The van der Waals surface area contributed by atoms with Crippen molar-refractivity contribution in [2.75, 3.05) is 6.61 Å². The number of carbonyl (C=O) groups excluding carboxylic acids is 1. The Morgan fingerprint density at radius 1 is 1.36 bits per heavy atom. The molecule has 0 amide bonds. The van der Waals surface area contributed by atoms with Crippen LogP contribution in [0.5, 0.6) is 0 Å². The molecule has 4 heteroatoms. The molecule has 114 valence electrons. The lowest BCUT2D eigenvalue weighted by Gasteiger charge is -2.02. The number of nitriles is 1. The van der Waals surface area contributed by atoms with E-state index in [1.807, 2.05) is 44.2 Å². The summed E-state index contributed by atoms with van der Waals surface area (Å²) < 4.78 is 10.9. The Hall–Kier alpha value is -2.54. The number of ether oxygens (including phenoxy) is 1. The lowest BCUT2D eigenvalue weighted by atomic mass is 10.1. The third-order valence-corrected chi connectivity index (χ3v) is 3.39. The first-order chi connectivity index (χ1) is 10.7. The molecule has 1 heterocycles. The Morgan fingerprint density at radius 3 is 2.82 bits per heavy atom. The van der Waals surface area contributed by atoms with Crippen molar-refractivity contribution in [2.45, 2.75) is 33.1 Å². The second-order valence-electron chi connectivity index (χ2n) is 4.95. The van der Waals surface area contributed by atoms with E-state index in [0.717, 1.165) is 35.1 Å². The Morgan fingerprint density at radius 2 is 2.14 bits per heavy atom. The van der Waals surface area contributed by atoms with Crippen molar-refractivity contribution in [3.8, 4) is 6.07 Å². The summed E-state index contributed by atoms with van der Waals surface area (Å²) in [4.78, 5) is 12.0. The lowest BCUT2D eigenvalue weighted by Crippen LogP contribution is -2.07. The highest BCUT2D eigenvalue weighted by Gasteiger charge is 2.15. The zero-order valence-electron chi connectivity index (χ0n) is 12.9. The van der Waals surface area contributed by atoms with E-state index in [9.17, 15) is 10.1 Å². The average molecular weight is 297 g/mol. The topological polar surface area (TPSA) is 63.2 Å². The SMILES string of the molecule is CCCCOC(=O)/C(C#N)=C/c1c(CC)oc2ccccc12. The van der Waals surface area contributed by atoms with Gasteiger partial charge in [-0.25, -0.2) is 4.79 Å². The Kier molecular flexibility index (Phi) is 5.37. The number of esters is 1. The summed E-state index contributed by atoms with van der Waals surface area (Å²) in [6.45, 7) is 4.32. The molecule has 0 aliphatic carbocycles. The van der Waals surface area contributed by atoms with Crippen LogP contribution in [0.3, 0.4) is 0 Å². The quantitative estimate of drug-likeness (QED) is 0.346. The minimum atomic E-state index is -0.580. The molecule has 0 bridgehead atoms. The van der Waals surface area contributed by atoms with Crippen LogP contribution in [0.4, 0.5) is 0 Å². The predicted octanol–water partition coefficient (Wildman–Crippen LogP) is 4.25. The molecule has 0 aliphatic rings. The fraction of sp³-hybridized carbons (Fsp3) is 0.333. The van der Waals surface area contributed by atoms with Crippen molar-refractivity contribution < 1.29 is 13.9 Å². The maximum atomic E-state index is 12.0. The van der Waals surface area contributed by atoms with Gasteiger partial charge >= 0.3 is 5.97 Å². The number of para-hydroxylation sites is 1. The van der Waals surface area contributed by atoms with E-state index in [0.29, 0.717) is 13.0 Å². The van der Waals surface area contributed by atoms with Gasteiger partial charge in [-0.2, -0.15) is 5.26 Å². The maximum absolute atomic E-state index is 12.0. The predicted molar refractivity (Wildman–Crippen MR) is 85.0 cm³/mol. The van der Waals surface area contributed by atoms with Crippen molar-refractivity contribution in [1.82, 2.24) is 0 Å². The molecule has 0 unspecified atom stereocenters. The highest BCUT2D eigenvalue weighted by molar-refractivity contribution is 6.01. The summed E-state index contributed by atoms with van der Waals surface area (Å²) in [5.74, 6) is 0.179. The van der Waals surface area contributed by atoms with Crippen molar-refractivity contribution in [3.05, 3.63) is 41.2 Å². The van der Waals surface area contributed by atoms with Crippen molar-refractivity contribution in [1.29, 1.82) is 5.26 Å². The molecule has 0 radical (unpaired) electrons. The number of hydrogen-bond acceptors (Lipinski definition) is 4. The summed E-state index contributed by atoms with van der Waals surface area (Å²) >= 11 is 0.